The third-order valence-electron chi connectivity index (χ3n) is 12.0. The van der Waals surface area contributed by atoms with Gasteiger partial charge in [0, 0.05) is 0 Å². The fraction of sp³-hybridized carbons (Fsp3) is 1.00. The standard InChI is InChI=1S/C35H60O29/c1-7-26(16(43)20(47)30(53)55-7)61-31-21(48)14(41)12(6-54-31)60-32-23(50)17(44)27(9(3-37)57-32)63-34-25(52)19(46)29(11(5-39)59-34)64-35-24(51)18(45)28(10(4-38)58-35)62-33-22(49)15(42)13(40)8(2-36)56-33/h7-53H,2-6H2,1H3/t7-,8+,9-,10+,11+,12+,13+,14-,15+,16-,17-,18+,19+,20+,21-,22-,23-,24-,25-,26-,27-,28+,29+,30-,31-,32+,33-,34-,35-/m0/s1. The van der Waals surface area contributed by atoms with Gasteiger partial charge in [-0.15, -0.1) is 0 Å². The van der Waals surface area contributed by atoms with E-state index in [4.69, 9.17) is 52.1 Å². The van der Waals surface area contributed by atoms with Gasteiger partial charge in [0.05, 0.1) is 39.1 Å². The third kappa shape index (κ3) is 10.5. The average molecular weight is 945 g/mol. The Morgan fingerprint density at radius 1 is 0.344 bits per heavy atom. The van der Waals surface area contributed by atoms with Crippen LogP contribution in [-0.2, 0) is 52.1 Å². The summed E-state index contributed by atoms with van der Waals surface area (Å²) in [5.74, 6) is 0. The second kappa shape index (κ2) is 22.1. The van der Waals surface area contributed by atoms with Gasteiger partial charge >= 0.3 is 0 Å². The number of hydrogen-bond donors (Lipinski definition) is 18. The van der Waals surface area contributed by atoms with E-state index in [1.54, 1.807) is 0 Å². The summed E-state index contributed by atoms with van der Waals surface area (Å²) in [4.78, 5) is 0. The molecule has 0 unspecified atom stereocenters. The lowest BCUT2D eigenvalue weighted by molar-refractivity contribution is -0.392. The van der Waals surface area contributed by atoms with Crippen LogP contribution in [0.15, 0.2) is 0 Å². The number of aliphatic hydroxyl groups excluding tert-OH is 18. The van der Waals surface area contributed by atoms with Crippen molar-refractivity contribution in [2.24, 2.45) is 0 Å². The molecule has 18 N–H and O–H groups in total. The molecule has 29 atom stereocenters. The zero-order valence-corrected chi connectivity index (χ0v) is 33.8. The highest BCUT2D eigenvalue weighted by Gasteiger charge is 2.56. The quantitative estimate of drug-likeness (QED) is 0.0769. The van der Waals surface area contributed by atoms with E-state index in [0.29, 0.717) is 0 Å². The summed E-state index contributed by atoms with van der Waals surface area (Å²) in [6.45, 7) is -2.85. The molecule has 0 saturated carbocycles. The molecule has 0 spiro atoms. The molecule has 374 valence electrons. The molecule has 0 aromatic carbocycles. The monoisotopic (exact) mass is 944 g/mol. The van der Waals surface area contributed by atoms with Crippen LogP contribution in [0.25, 0.3) is 0 Å². The van der Waals surface area contributed by atoms with Crippen LogP contribution in [0.4, 0.5) is 0 Å². The molecule has 6 saturated heterocycles. The molecular formula is C35H60O29. The minimum atomic E-state index is -2.13. The number of ether oxygens (including phenoxy) is 11. The van der Waals surface area contributed by atoms with Gasteiger partial charge < -0.3 is 144 Å². The molecule has 6 heterocycles. The summed E-state index contributed by atoms with van der Waals surface area (Å²) >= 11 is 0. The van der Waals surface area contributed by atoms with E-state index >= 15 is 0 Å². The molecule has 6 aliphatic rings. The Kier molecular flexibility index (Phi) is 18.0. The van der Waals surface area contributed by atoms with Crippen molar-refractivity contribution in [1.82, 2.24) is 0 Å². The van der Waals surface area contributed by atoms with Crippen molar-refractivity contribution < 1.29 is 144 Å². The Morgan fingerprint density at radius 3 is 1.11 bits per heavy atom. The van der Waals surface area contributed by atoms with Crippen LogP contribution in [0.5, 0.6) is 0 Å². The molecule has 0 aliphatic carbocycles. The molecule has 0 aromatic heterocycles. The molecule has 6 rings (SSSR count). The van der Waals surface area contributed by atoms with Gasteiger partial charge in [0.1, 0.15) is 134 Å². The zero-order chi connectivity index (χ0) is 47.1. The van der Waals surface area contributed by atoms with Crippen LogP contribution < -0.4 is 0 Å². The first-order valence-electron chi connectivity index (χ1n) is 20.4. The van der Waals surface area contributed by atoms with E-state index in [2.05, 4.69) is 0 Å². The maximum atomic E-state index is 11.2. The first kappa shape index (κ1) is 52.2. The fourth-order valence-corrected chi connectivity index (χ4v) is 8.19. The van der Waals surface area contributed by atoms with E-state index in [9.17, 15) is 91.9 Å². The zero-order valence-electron chi connectivity index (χ0n) is 33.8. The highest BCUT2D eigenvalue weighted by Crippen LogP contribution is 2.35. The van der Waals surface area contributed by atoms with Gasteiger partial charge in [0.15, 0.2) is 37.7 Å². The lowest BCUT2D eigenvalue weighted by Crippen LogP contribution is -2.67. The summed E-state index contributed by atoms with van der Waals surface area (Å²) in [6.07, 6.45) is -51.5. The minimum absolute atomic E-state index is 0.552. The Labute approximate surface area is 362 Å². The van der Waals surface area contributed by atoms with E-state index in [1.807, 2.05) is 0 Å². The highest BCUT2D eigenvalue weighted by atomic mass is 16.8. The SMILES string of the molecule is C[C@@H]1O[C@H](O)[C@H](O)[C@H](O)[C@H]1O[C@@H]1OC[C@@H](O[C@H]2O[C@@H](CO)[C@H](O[C@@H]3O[C@H](CO)[C@@H](O[C@@H]4O[C@H](CO)[C@@H](O[C@@H]5O[C@H](CO)[C@@H](O)[C@@H](O)[C@@H]5O)[C@H](O)[C@@H]4O)[C@H](O)[C@@H]3O)[C@@H](O)[C@@H]2O)[C@H](O)[C@@H]1O. The van der Waals surface area contributed by atoms with Gasteiger partial charge in [0.25, 0.3) is 0 Å². The maximum absolute atomic E-state index is 11.2. The summed E-state index contributed by atoms with van der Waals surface area (Å²) < 4.78 is 60.6. The normalized spacial score (nSPS) is 54.1. The van der Waals surface area contributed by atoms with Gasteiger partial charge in [-0.2, -0.15) is 0 Å². The smallest absolute Gasteiger partial charge is 0.187 e. The molecule has 0 aromatic rings. The van der Waals surface area contributed by atoms with Gasteiger partial charge in [0.2, 0.25) is 0 Å². The van der Waals surface area contributed by atoms with Crippen molar-refractivity contribution in [2.45, 2.75) is 185 Å². The summed E-state index contributed by atoms with van der Waals surface area (Å²) in [5, 5.41) is 188. The molecule has 0 bridgehead atoms. The van der Waals surface area contributed by atoms with Crippen LogP contribution in [0, 0.1) is 0 Å². The van der Waals surface area contributed by atoms with Crippen molar-refractivity contribution in [3.8, 4) is 0 Å². The van der Waals surface area contributed by atoms with Crippen LogP contribution in [0.3, 0.4) is 0 Å². The Bertz CT molecular complexity index is 1430. The van der Waals surface area contributed by atoms with Crippen molar-refractivity contribution in [3.05, 3.63) is 0 Å². The molecule has 0 radical (unpaired) electrons. The maximum Gasteiger partial charge on any atom is 0.187 e. The fourth-order valence-electron chi connectivity index (χ4n) is 8.19. The van der Waals surface area contributed by atoms with Gasteiger partial charge in [-0.3, -0.25) is 0 Å². The number of rotatable bonds is 14. The third-order valence-corrected chi connectivity index (χ3v) is 12.0. The average Bonchev–Trinajstić information content (AvgIpc) is 3.28. The summed E-state index contributed by atoms with van der Waals surface area (Å²) in [5.41, 5.74) is 0. The Morgan fingerprint density at radius 2 is 0.688 bits per heavy atom. The minimum Gasteiger partial charge on any atom is -0.394 e. The summed E-state index contributed by atoms with van der Waals surface area (Å²) in [7, 11) is 0. The lowest BCUT2D eigenvalue weighted by Gasteiger charge is -2.49. The topological polar surface area (TPSA) is 466 Å². The van der Waals surface area contributed by atoms with E-state index in [0.717, 1.165) is 0 Å². The summed E-state index contributed by atoms with van der Waals surface area (Å²) in [6, 6.07) is 0. The van der Waals surface area contributed by atoms with E-state index in [-0.39, 0.29) is 0 Å². The number of aliphatic hydroxyl groups is 18. The van der Waals surface area contributed by atoms with Crippen molar-refractivity contribution in [3.63, 3.8) is 0 Å². The number of hydrogen-bond acceptors (Lipinski definition) is 29. The second-order valence-corrected chi connectivity index (χ2v) is 16.3. The van der Waals surface area contributed by atoms with Crippen LogP contribution >= 0.6 is 0 Å². The highest BCUT2D eigenvalue weighted by molar-refractivity contribution is 4.99. The first-order chi connectivity index (χ1) is 30.3. The molecule has 29 heteroatoms. The van der Waals surface area contributed by atoms with E-state index in [1.165, 1.54) is 6.92 Å². The van der Waals surface area contributed by atoms with Crippen molar-refractivity contribution in [1.29, 1.82) is 0 Å². The first-order valence-corrected chi connectivity index (χ1v) is 20.4. The molecule has 0 amide bonds. The molecule has 29 nitrogen and oxygen atoms in total. The van der Waals surface area contributed by atoms with Crippen molar-refractivity contribution in [2.75, 3.05) is 33.0 Å². The predicted molar refractivity (Wildman–Crippen MR) is 192 cm³/mol. The predicted octanol–water partition coefficient (Wildman–Crippen LogP) is -12.4. The largest absolute Gasteiger partial charge is 0.394 e. The Hall–Kier alpha value is -1.16. The van der Waals surface area contributed by atoms with Crippen LogP contribution in [0.1, 0.15) is 6.92 Å². The van der Waals surface area contributed by atoms with Gasteiger partial charge in [-0.05, 0) is 6.92 Å². The second-order valence-electron chi connectivity index (χ2n) is 16.3. The van der Waals surface area contributed by atoms with Gasteiger partial charge in [-0.25, -0.2) is 0 Å². The van der Waals surface area contributed by atoms with E-state index < -0.39 is 211 Å². The van der Waals surface area contributed by atoms with Crippen LogP contribution in [0.2, 0.25) is 0 Å². The Balaban J connectivity index is 1.04. The molecule has 6 fully saturated rings. The molecule has 6 aliphatic heterocycles. The molecule has 64 heavy (non-hydrogen) atoms. The van der Waals surface area contributed by atoms with Crippen LogP contribution in [-0.4, -0.2) is 303 Å². The van der Waals surface area contributed by atoms with Crippen molar-refractivity contribution >= 4 is 0 Å². The molecular weight excluding hydrogens is 884 g/mol. The van der Waals surface area contributed by atoms with Gasteiger partial charge in [-0.1, -0.05) is 0 Å². The lowest BCUT2D eigenvalue weighted by atomic mass is 9.95.